The van der Waals surface area contributed by atoms with Crippen molar-refractivity contribution in [1.82, 2.24) is 9.78 Å². The molecule has 0 fully saturated rings. The van der Waals surface area contributed by atoms with Crippen LogP contribution in [0.25, 0.3) is 0 Å². The van der Waals surface area contributed by atoms with Gasteiger partial charge in [-0.15, -0.1) is 11.3 Å². The highest BCUT2D eigenvalue weighted by Gasteiger charge is 2.33. The van der Waals surface area contributed by atoms with Gasteiger partial charge in [0.2, 0.25) is 0 Å². The molecule has 0 aliphatic heterocycles. The van der Waals surface area contributed by atoms with Crippen molar-refractivity contribution >= 4 is 27.3 Å². The normalized spacial score (nSPS) is 13.8. The Bertz CT molecular complexity index is 534. The Hall–Kier alpha value is -0.860. The third-order valence-corrected chi connectivity index (χ3v) is 4.12. The quantitative estimate of drug-likeness (QED) is 0.932. The molecule has 0 bridgehead atoms. The fraction of sp³-hybridized carbons (Fsp3) is 0.300. The van der Waals surface area contributed by atoms with Crippen LogP contribution in [0.2, 0.25) is 0 Å². The van der Waals surface area contributed by atoms with Crippen molar-refractivity contribution in [2.45, 2.75) is 12.2 Å². The molecule has 98 valence electrons. The highest BCUT2D eigenvalue weighted by molar-refractivity contribution is 9.11. The molecule has 0 aliphatic rings. The number of nitrogens with zero attached hydrogens (tertiary/aromatic N) is 2. The number of rotatable bonds is 3. The van der Waals surface area contributed by atoms with Crippen LogP contribution in [0.15, 0.2) is 28.3 Å². The molecule has 2 aromatic heterocycles. The van der Waals surface area contributed by atoms with Gasteiger partial charge in [-0.1, -0.05) is 0 Å². The summed E-state index contributed by atoms with van der Waals surface area (Å²) in [6.07, 6.45) is -2.59. The minimum Gasteiger partial charge on any atom is -0.328 e. The number of aromatic nitrogens is 2. The first-order valence-corrected chi connectivity index (χ1v) is 6.59. The maximum Gasteiger partial charge on any atom is 0.419 e. The van der Waals surface area contributed by atoms with Gasteiger partial charge in [-0.2, -0.15) is 18.3 Å². The smallest absolute Gasteiger partial charge is 0.328 e. The fourth-order valence-electron chi connectivity index (χ4n) is 1.52. The Balaban J connectivity index is 2.31. The Morgan fingerprint density at radius 3 is 2.61 bits per heavy atom. The SMILES string of the molecule is NCC(c1ccc(Br)s1)n1cc(C(F)(F)F)cn1. The molecule has 0 radical (unpaired) electrons. The summed E-state index contributed by atoms with van der Waals surface area (Å²) in [4.78, 5) is 0.862. The van der Waals surface area contributed by atoms with E-state index in [1.165, 1.54) is 16.0 Å². The maximum absolute atomic E-state index is 12.5. The molecule has 2 heterocycles. The average Bonchev–Trinajstić information content (AvgIpc) is 2.88. The Morgan fingerprint density at radius 1 is 1.44 bits per heavy atom. The lowest BCUT2D eigenvalue weighted by atomic mass is 10.2. The molecule has 18 heavy (non-hydrogen) atoms. The number of halogens is 4. The molecular weight excluding hydrogens is 331 g/mol. The van der Waals surface area contributed by atoms with E-state index in [0.29, 0.717) is 0 Å². The molecule has 2 aromatic rings. The minimum absolute atomic E-state index is 0.186. The first kappa shape index (κ1) is 13.6. The van der Waals surface area contributed by atoms with E-state index >= 15 is 0 Å². The summed E-state index contributed by atoms with van der Waals surface area (Å²) >= 11 is 4.73. The molecule has 0 saturated heterocycles. The van der Waals surface area contributed by atoms with Crippen LogP contribution in [0.5, 0.6) is 0 Å². The van der Waals surface area contributed by atoms with Gasteiger partial charge in [0.25, 0.3) is 0 Å². The lowest BCUT2D eigenvalue weighted by Gasteiger charge is -2.13. The summed E-state index contributed by atoms with van der Waals surface area (Å²) in [5.74, 6) is 0. The van der Waals surface area contributed by atoms with Gasteiger partial charge >= 0.3 is 6.18 Å². The molecule has 1 unspecified atom stereocenters. The van der Waals surface area contributed by atoms with E-state index in [-0.39, 0.29) is 12.6 Å². The number of alkyl halides is 3. The largest absolute Gasteiger partial charge is 0.419 e. The van der Waals surface area contributed by atoms with Gasteiger partial charge < -0.3 is 5.73 Å². The standard InChI is InChI=1S/C10H9BrF3N3S/c11-9-2-1-8(18-9)7(3-15)17-5-6(4-16-17)10(12,13)14/h1-2,4-5,7H,3,15H2. The van der Waals surface area contributed by atoms with Crippen LogP contribution in [-0.2, 0) is 6.18 Å². The lowest BCUT2D eigenvalue weighted by Crippen LogP contribution is -2.20. The van der Waals surface area contributed by atoms with Crippen molar-refractivity contribution in [2.75, 3.05) is 6.54 Å². The minimum atomic E-state index is -4.38. The molecule has 0 amide bonds. The Kier molecular flexibility index (Phi) is 3.79. The second-order valence-electron chi connectivity index (χ2n) is 3.60. The first-order chi connectivity index (χ1) is 8.41. The van der Waals surface area contributed by atoms with Crippen LogP contribution in [0, 0.1) is 0 Å². The van der Waals surface area contributed by atoms with Crippen LogP contribution in [-0.4, -0.2) is 16.3 Å². The van der Waals surface area contributed by atoms with Crippen molar-refractivity contribution in [3.63, 3.8) is 0 Å². The summed E-state index contributed by atoms with van der Waals surface area (Å²) in [6.45, 7) is 0.186. The van der Waals surface area contributed by atoms with Crippen molar-refractivity contribution in [1.29, 1.82) is 0 Å². The molecule has 2 rings (SSSR count). The summed E-state index contributed by atoms with van der Waals surface area (Å²) in [7, 11) is 0. The zero-order valence-electron chi connectivity index (χ0n) is 8.99. The predicted octanol–water partition coefficient (Wildman–Crippen LogP) is 3.27. The predicted molar refractivity (Wildman–Crippen MR) is 66.4 cm³/mol. The molecule has 0 aromatic carbocycles. The van der Waals surface area contributed by atoms with E-state index in [0.717, 1.165) is 21.1 Å². The van der Waals surface area contributed by atoms with E-state index in [2.05, 4.69) is 21.0 Å². The number of hydrogen-bond acceptors (Lipinski definition) is 3. The third-order valence-electron chi connectivity index (χ3n) is 2.39. The van der Waals surface area contributed by atoms with Gasteiger partial charge in [-0.3, -0.25) is 4.68 Å². The highest BCUT2D eigenvalue weighted by atomic mass is 79.9. The number of nitrogens with two attached hydrogens (primary N) is 1. The van der Waals surface area contributed by atoms with E-state index in [4.69, 9.17) is 5.73 Å². The van der Waals surface area contributed by atoms with E-state index in [1.807, 2.05) is 12.1 Å². The zero-order chi connectivity index (χ0) is 13.3. The lowest BCUT2D eigenvalue weighted by molar-refractivity contribution is -0.137. The van der Waals surface area contributed by atoms with Crippen molar-refractivity contribution in [2.24, 2.45) is 5.73 Å². The van der Waals surface area contributed by atoms with Crippen LogP contribution in [0.3, 0.4) is 0 Å². The second-order valence-corrected chi connectivity index (χ2v) is 6.09. The monoisotopic (exact) mass is 339 g/mol. The second kappa shape index (κ2) is 5.02. The topological polar surface area (TPSA) is 43.8 Å². The molecule has 0 saturated carbocycles. The van der Waals surface area contributed by atoms with Crippen LogP contribution < -0.4 is 5.73 Å². The molecule has 8 heteroatoms. The summed E-state index contributed by atoms with van der Waals surface area (Å²) in [6, 6.07) is 3.27. The highest BCUT2D eigenvalue weighted by Crippen LogP contribution is 2.32. The van der Waals surface area contributed by atoms with Gasteiger partial charge in [0.1, 0.15) is 0 Å². The van der Waals surface area contributed by atoms with Crippen molar-refractivity contribution in [3.8, 4) is 0 Å². The molecule has 3 nitrogen and oxygen atoms in total. The van der Waals surface area contributed by atoms with Crippen molar-refractivity contribution in [3.05, 3.63) is 38.8 Å². The first-order valence-electron chi connectivity index (χ1n) is 4.98. The molecule has 2 N–H and O–H groups in total. The van der Waals surface area contributed by atoms with Crippen LogP contribution >= 0.6 is 27.3 Å². The fourth-order valence-corrected chi connectivity index (χ4v) is 3.05. The Labute approximate surface area is 114 Å². The summed E-state index contributed by atoms with van der Waals surface area (Å²) in [5, 5.41) is 3.75. The van der Waals surface area contributed by atoms with E-state index < -0.39 is 11.7 Å². The van der Waals surface area contributed by atoms with Crippen LogP contribution in [0.4, 0.5) is 13.2 Å². The average molecular weight is 340 g/mol. The van der Waals surface area contributed by atoms with Gasteiger partial charge in [0, 0.05) is 17.6 Å². The molecule has 1 atom stereocenters. The molecule has 0 aliphatic carbocycles. The molecular formula is C10H9BrF3N3S. The number of hydrogen-bond donors (Lipinski definition) is 1. The maximum atomic E-state index is 12.5. The Morgan fingerprint density at radius 2 is 2.17 bits per heavy atom. The number of thiophene rings is 1. The summed E-state index contributed by atoms with van der Waals surface area (Å²) in [5.41, 5.74) is 4.85. The van der Waals surface area contributed by atoms with Crippen LogP contribution in [0.1, 0.15) is 16.5 Å². The van der Waals surface area contributed by atoms with E-state index in [1.54, 1.807) is 0 Å². The van der Waals surface area contributed by atoms with Crippen molar-refractivity contribution < 1.29 is 13.2 Å². The molecule has 0 spiro atoms. The van der Waals surface area contributed by atoms with Gasteiger partial charge in [-0.05, 0) is 28.1 Å². The van der Waals surface area contributed by atoms with Gasteiger partial charge in [0.15, 0.2) is 0 Å². The van der Waals surface area contributed by atoms with Gasteiger partial charge in [-0.25, -0.2) is 0 Å². The third kappa shape index (κ3) is 2.76. The van der Waals surface area contributed by atoms with E-state index in [9.17, 15) is 13.2 Å². The summed E-state index contributed by atoms with van der Waals surface area (Å²) < 4.78 is 39.6. The zero-order valence-corrected chi connectivity index (χ0v) is 11.4. The van der Waals surface area contributed by atoms with Gasteiger partial charge in [0.05, 0.1) is 21.6 Å².